The van der Waals surface area contributed by atoms with Gasteiger partial charge in [-0.15, -0.1) is 0 Å². The highest BCUT2D eigenvalue weighted by Gasteiger charge is 2.44. The van der Waals surface area contributed by atoms with Crippen molar-refractivity contribution in [1.29, 1.82) is 0 Å². The van der Waals surface area contributed by atoms with E-state index in [-0.39, 0.29) is 15.5 Å². The molecule has 3 aromatic rings. The van der Waals surface area contributed by atoms with E-state index in [0.29, 0.717) is 0 Å². The summed E-state index contributed by atoms with van der Waals surface area (Å²) in [5, 5.41) is -0.0498. The van der Waals surface area contributed by atoms with Crippen LogP contribution in [0.4, 0.5) is 22.0 Å². The van der Waals surface area contributed by atoms with Crippen LogP contribution < -0.4 is 5.43 Å². The van der Waals surface area contributed by atoms with Crippen molar-refractivity contribution in [3.05, 3.63) is 40.5 Å². The third-order valence-electron chi connectivity index (χ3n) is 2.96. The molecule has 22 heavy (non-hydrogen) atoms. The summed E-state index contributed by atoms with van der Waals surface area (Å²) in [5.41, 5.74) is -1.79. The topological polar surface area (TPSA) is 48.0 Å². The first kappa shape index (κ1) is 14.9. The lowest BCUT2D eigenvalue weighted by atomic mass is 10.2. The zero-order valence-corrected chi connectivity index (χ0v) is 11.9. The van der Waals surface area contributed by atoms with Gasteiger partial charge in [0.05, 0.1) is 17.2 Å². The van der Waals surface area contributed by atoms with Gasteiger partial charge in [0.25, 0.3) is 0 Å². The Balaban J connectivity index is 2.55. The molecule has 0 bridgehead atoms. The van der Waals surface area contributed by atoms with Gasteiger partial charge >= 0.3 is 11.1 Å². The summed E-state index contributed by atoms with van der Waals surface area (Å²) in [4.78, 5) is 10.8. The van der Waals surface area contributed by atoms with E-state index in [9.17, 15) is 26.7 Å². The number of halogens is 6. The fraction of sp³-hybridized carbons (Fsp3) is 0.167. The van der Waals surface area contributed by atoms with E-state index in [1.54, 1.807) is 0 Å². The number of hydrogen-bond acceptors (Lipinski definition) is 3. The Morgan fingerprint density at radius 3 is 2.41 bits per heavy atom. The van der Waals surface area contributed by atoms with Crippen molar-refractivity contribution in [3.63, 3.8) is 0 Å². The SMILES string of the molecule is O=c1ccoc2c1ccc1c2nc(C(F)(F)F)n1C(F)(F)Br. The predicted octanol–water partition coefficient (Wildman–Crippen LogP) is 4.06. The van der Waals surface area contributed by atoms with Gasteiger partial charge in [0, 0.05) is 22.0 Å². The maximum atomic E-state index is 13.5. The average molecular weight is 383 g/mol. The van der Waals surface area contributed by atoms with E-state index >= 15 is 0 Å². The minimum Gasteiger partial charge on any atom is -0.462 e. The lowest BCUT2D eigenvalue weighted by molar-refractivity contribution is -0.153. The quantitative estimate of drug-likeness (QED) is 0.471. The fourth-order valence-electron chi connectivity index (χ4n) is 2.13. The monoisotopic (exact) mass is 382 g/mol. The Hall–Kier alpha value is -1.97. The molecule has 0 aliphatic carbocycles. The summed E-state index contributed by atoms with van der Waals surface area (Å²) in [7, 11) is 0. The van der Waals surface area contributed by atoms with Crippen LogP contribution in [0.2, 0.25) is 0 Å². The van der Waals surface area contributed by atoms with Gasteiger partial charge < -0.3 is 4.42 Å². The van der Waals surface area contributed by atoms with E-state index in [0.717, 1.165) is 24.5 Å². The van der Waals surface area contributed by atoms with Crippen LogP contribution in [0, 0.1) is 0 Å². The van der Waals surface area contributed by atoms with Crippen molar-refractivity contribution in [1.82, 2.24) is 9.55 Å². The highest BCUT2D eigenvalue weighted by molar-refractivity contribution is 9.09. The van der Waals surface area contributed by atoms with E-state index in [4.69, 9.17) is 4.42 Å². The molecule has 10 heteroatoms. The molecule has 0 spiro atoms. The predicted molar refractivity (Wildman–Crippen MR) is 69.9 cm³/mol. The zero-order chi connectivity index (χ0) is 16.3. The Morgan fingerprint density at radius 2 is 1.82 bits per heavy atom. The van der Waals surface area contributed by atoms with Crippen LogP contribution in [0.1, 0.15) is 5.82 Å². The molecule has 0 saturated heterocycles. The van der Waals surface area contributed by atoms with Crippen LogP contribution in [-0.2, 0) is 11.1 Å². The number of imidazole rings is 1. The molecule has 0 amide bonds. The second kappa shape index (κ2) is 4.51. The molecular weight excluding hydrogens is 379 g/mol. The summed E-state index contributed by atoms with van der Waals surface area (Å²) in [5.74, 6) is -1.80. The number of rotatable bonds is 1. The second-order valence-electron chi connectivity index (χ2n) is 4.33. The van der Waals surface area contributed by atoms with Crippen molar-refractivity contribution < 1.29 is 26.4 Å². The van der Waals surface area contributed by atoms with E-state index in [2.05, 4.69) is 4.98 Å². The number of alkyl halides is 6. The summed E-state index contributed by atoms with van der Waals surface area (Å²) >= 11 is 1.91. The Morgan fingerprint density at radius 1 is 1.14 bits per heavy atom. The van der Waals surface area contributed by atoms with Crippen LogP contribution in [0.15, 0.2) is 33.7 Å². The largest absolute Gasteiger partial charge is 0.462 e. The average Bonchev–Trinajstić information content (AvgIpc) is 2.78. The molecule has 116 valence electrons. The van der Waals surface area contributed by atoms with E-state index < -0.39 is 33.4 Å². The van der Waals surface area contributed by atoms with Gasteiger partial charge in [0.1, 0.15) is 5.52 Å². The van der Waals surface area contributed by atoms with E-state index in [1.807, 2.05) is 15.9 Å². The lowest BCUT2D eigenvalue weighted by Gasteiger charge is -2.15. The molecule has 1 aromatic carbocycles. The van der Waals surface area contributed by atoms with Gasteiger partial charge in [0.15, 0.2) is 11.0 Å². The van der Waals surface area contributed by atoms with Gasteiger partial charge in [0.2, 0.25) is 5.82 Å². The Kier molecular flexibility index (Phi) is 3.06. The summed E-state index contributed by atoms with van der Waals surface area (Å²) in [6.45, 7) is 0. The van der Waals surface area contributed by atoms with Gasteiger partial charge in [-0.3, -0.25) is 4.79 Å². The molecule has 0 N–H and O–H groups in total. The molecule has 0 aliphatic rings. The molecule has 2 aromatic heterocycles. The molecule has 0 saturated carbocycles. The molecule has 0 unspecified atom stereocenters. The van der Waals surface area contributed by atoms with Crippen molar-refractivity contribution in [2.75, 3.05) is 0 Å². The first-order valence-corrected chi connectivity index (χ1v) is 6.47. The third-order valence-corrected chi connectivity index (χ3v) is 3.31. The number of hydrogen-bond donors (Lipinski definition) is 0. The summed E-state index contributed by atoms with van der Waals surface area (Å²) in [6, 6.07) is 3.14. The molecule has 0 aliphatic heterocycles. The van der Waals surface area contributed by atoms with Crippen LogP contribution in [-0.4, -0.2) is 9.55 Å². The van der Waals surface area contributed by atoms with Crippen LogP contribution >= 0.6 is 15.9 Å². The minimum atomic E-state index is -5.11. The molecule has 0 radical (unpaired) electrons. The highest BCUT2D eigenvalue weighted by Crippen LogP contribution is 2.40. The minimum absolute atomic E-state index is 0.0498. The summed E-state index contributed by atoms with van der Waals surface area (Å²) in [6.07, 6.45) is -4.15. The van der Waals surface area contributed by atoms with Crippen molar-refractivity contribution in [2.45, 2.75) is 11.1 Å². The van der Waals surface area contributed by atoms with Gasteiger partial charge in [-0.1, -0.05) is 0 Å². The smallest absolute Gasteiger partial charge is 0.449 e. The highest BCUT2D eigenvalue weighted by atomic mass is 79.9. The van der Waals surface area contributed by atoms with Gasteiger partial charge in [-0.25, -0.2) is 9.55 Å². The molecule has 4 nitrogen and oxygen atoms in total. The number of benzene rings is 1. The van der Waals surface area contributed by atoms with E-state index in [1.165, 1.54) is 0 Å². The number of nitrogens with zero attached hydrogens (tertiary/aromatic N) is 2. The van der Waals surface area contributed by atoms with Crippen LogP contribution in [0.3, 0.4) is 0 Å². The maximum absolute atomic E-state index is 13.5. The Bertz CT molecular complexity index is 939. The second-order valence-corrected chi connectivity index (χ2v) is 5.29. The van der Waals surface area contributed by atoms with Crippen LogP contribution in [0.5, 0.6) is 0 Å². The van der Waals surface area contributed by atoms with Crippen LogP contribution in [0.25, 0.3) is 22.0 Å². The Labute approximate surface area is 126 Å². The fourth-order valence-corrected chi connectivity index (χ4v) is 2.49. The maximum Gasteiger partial charge on any atom is 0.449 e. The molecular formula is C12H4BrF5N2O2. The van der Waals surface area contributed by atoms with Crippen molar-refractivity contribution in [2.24, 2.45) is 0 Å². The number of aromatic nitrogens is 2. The summed E-state index contributed by atoms with van der Waals surface area (Å²) < 4.78 is 70.7. The molecule has 3 rings (SSSR count). The molecule has 0 atom stereocenters. The molecule has 0 fully saturated rings. The normalized spacial score (nSPS) is 13.2. The third kappa shape index (κ3) is 2.18. The van der Waals surface area contributed by atoms with Crippen molar-refractivity contribution in [3.8, 4) is 0 Å². The zero-order valence-electron chi connectivity index (χ0n) is 10.3. The standard InChI is InChI=1S/C12H4BrF5N2O2/c13-12(17,18)20-6-2-1-5-7(21)3-4-22-9(5)8(6)19-10(20)11(14,15)16/h1-4H. The van der Waals surface area contributed by atoms with Gasteiger partial charge in [-0.2, -0.15) is 22.0 Å². The lowest BCUT2D eigenvalue weighted by Crippen LogP contribution is -2.23. The van der Waals surface area contributed by atoms with Crippen molar-refractivity contribution >= 4 is 37.9 Å². The first-order valence-electron chi connectivity index (χ1n) is 5.68. The first-order chi connectivity index (χ1) is 10.1. The molecule has 2 heterocycles. The van der Waals surface area contributed by atoms with Gasteiger partial charge in [-0.05, 0) is 12.1 Å². The number of fused-ring (bicyclic) bond motifs is 3.